The number of nitrogens with two attached hydrogens (primary N) is 1. The van der Waals surface area contributed by atoms with Crippen LogP contribution in [0.3, 0.4) is 0 Å². The van der Waals surface area contributed by atoms with Crippen LogP contribution in [0.25, 0.3) is 0 Å². The monoisotopic (exact) mass is 172 g/mol. The van der Waals surface area contributed by atoms with Gasteiger partial charge in [-0.25, -0.2) is 0 Å². The first-order chi connectivity index (χ1) is 5.57. The fourth-order valence-electron chi connectivity index (χ4n) is 1.39. The molecule has 0 aromatic heterocycles. The van der Waals surface area contributed by atoms with Gasteiger partial charge in [0, 0.05) is 12.6 Å². The Bertz CT molecular complexity index is 102. The predicted octanol–water partition coefficient (Wildman–Crippen LogP) is 1.70. The summed E-state index contributed by atoms with van der Waals surface area (Å²) >= 11 is 0. The third-order valence-corrected chi connectivity index (χ3v) is 2.23. The van der Waals surface area contributed by atoms with Crippen molar-refractivity contribution in [2.24, 2.45) is 11.7 Å². The lowest BCUT2D eigenvalue weighted by Gasteiger charge is -2.26. The fraction of sp³-hybridized carbons (Fsp3) is 1.00. The van der Waals surface area contributed by atoms with Gasteiger partial charge in [0.15, 0.2) is 0 Å². The zero-order valence-electron chi connectivity index (χ0n) is 9.01. The van der Waals surface area contributed by atoms with Crippen molar-refractivity contribution in [2.45, 2.75) is 39.7 Å². The molecule has 1 atom stereocenters. The molecule has 0 aliphatic carbocycles. The van der Waals surface area contributed by atoms with Crippen LogP contribution in [-0.4, -0.2) is 31.1 Å². The first-order valence-corrected chi connectivity index (χ1v) is 4.98. The van der Waals surface area contributed by atoms with Crippen LogP contribution in [0.1, 0.15) is 33.6 Å². The van der Waals surface area contributed by atoms with Gasteiger partial charge < -0.3 is 10.6 Å². The van der Waals surface area contributed by atoms with Gasteiger partial charge in [-0.2, -0.15) is 0 Å². The molecule has 0 aromatic rings. The summed E-state index contributed by atoms with van der Waals surface area (Å²) in [6.07, 6.45) is 2.36. The van der Waals surface area contributed by atoms with E-state index in [2.05, 4.69) is 32.7 Å². The average molecular weight is 172 g/mol. The van der Waals surface area contributed by atoms with Gasteiger partial charge in [-0.05, 0) is 39.3 Å². The third-order valence-electron chi connectivity index (χ3n) is 2.23. The maximum absolute atomic E-state index is 5.46. The smallest absolute Gasteiger partial charge is 0.00644 e. The standard InChI is InChI=1S/C10H24N2/c1-9(2)8-12(4)10(3)6-5-7-11/h9-10H,5-8,11H2,1-4H3. The molecular formula is C10H24N2. The van der Waals surface area contributed by atoms with Crippen LogP contribution >= 0.6 is 0 Å². The van der Waals surface area contributed by atoms with Crippen molar-refractivity contribution < 1.29 is 0 Å². The van der Waals surface area contributed by atoms with Gasteiger partial charge in [0.2, 0.25) is 0 Å². The summed E-state index contributed by atoms with van der Waals surface area (Å²) in [5, 5.41) is 0. The molecule has 0 radical (unpaired) electrons. The lowest BCUT2D eigenvalue weighted by atomic mass is 10.1. The topological polar surface area (TPSA) is 29.3 Å². The Balaban J connectivity index is 3.53. The molecule has 74 valence electrons. The normalized spacial score (nSPS) is 14.2. The summed E-state index contributed by atoms with van der Waals surface area (Å²) in [7, 11) is 2.20. The molecule has 0 bridgehead atoms. The summed E-state index contributed by atoms with van der Waals surface area (Å²) in [5.41, 5.74) is 5.46. The van der Waals surface area contributed by atoms with Gasteiger partial charge in [-0.1, -0.05) is 13.8 Å². The van der Waals surface area contributed by atoms with Crippen molar-refractivity contribution in [1.29, 1.82) is 0 Å². The van der Waals surface area contributed by atoms with Gasteiger partial charge in [0.05, 0.1) is 0 Å². The maximum atomic E-state index is 5.46. The summed E-state index contributed by atoms with van der Waals surface area (Å²) in [4.78, 5) is 2.42. The highest BCUT2D eigenvalue weighted by Gasteiger charge is 2.09. The third kappa shape index (κ3) is 5.56. The molecule has 2 N–H and O–H groups in total. The zero-order valence-corrected chi connectivity index (χ0v) is 9.01. The van der Waals surface area contributed by atoms with Gasteiger partial charge in [0.1, 0.15) is 0 Å². The Morgan fingerprint density at radius 2 is 1.83 bits per heavy atom. The van der Waals surface area contributed by atoms with E-state index in [1.165, 1.54) is 13.0 Å². The number of nitrogens with zero attached hydrogens (tertiary/aromatic N) is 1. The molecule has 0 aliphatic rings. The first-order valence-electron chi connectivity index (χ1n) is 4.98. The van der Waals surface area contributed by atoms with Gasteiger partial charge >= 0.3 is 0 Å². The molecule has 0 saturated heterocycles. The van der Waals surface area contributed by atoms with E-state index in [1.54, 1.807) is 0 Å². The Labute approximate surface area is 77.1 Å². The van der Waals surface area contributed by atoms with E-state index in [1.807, 2.05) is 0 Å². The summed E-state index contributed by atoms with van der Waals surface area (Å²) < 4.78 is 0. The molecule has 1 unspecified atom stereocenters. The molecule has 0 aliphatic heterocycles. The molecule has 0 spiro atoms. The minimum Gasteiger partial charge on any atom is -0.330 e. The Hall–Kier alpha value is -0.0800. The predicted molar refractivity (Wildman–Crippen MR) is 55.2 cm³/mol. The van der Waals surface area contributed by atoms with Crippen molar-refractivity contribution in [3.8, 4) is 0 Å². The minimum absolute atomic E-state index is 0.677. The highest BCUT2D eigenvalue weighted by Crippen LogP contribution is 2.06. The molecule has 2 heteroatoms. The van der Waals surface area contributed by atoms with Gasteiger partial charge in [-0.15, -0.1) is 0 Å². The molecular weight excluding hydrogens is 148 g/mol. The highest BCUT2D eigenvalue weighted by molar-refractivity contribution is 4.64. The van der Waals surface area contributed by atoms with Crippen LogP contribution in [-0.2, 0) is 0 Å². The van der Waals surface area contributed by atoms with E-state index in [4.69, 9.17) is 5.73 Å². The lowest BCUT2D eigenvalue weighted by molar-refractivity contribution is 0.219. The zero-order chi connectivity index (χ0) is 9.56. The van der Waals surface area contributed by atoms with Crippen molar-refractivity contribution in [2.75, 3.05) is 20.1 Å². The maximum Gasteiger partial charge on any atom is 0.00644 e. The average Bonchev–Trinajstić information content (AvgIpc) is 1.98. The molecule has 0 aromatic carbocycles. The Kier molecular flexibility index (Phi) is 6.39. The molecule has 2 nitrogen and oxygen atoms in total. The van der Waals surface area contributed by atoms with Crippen molar-refractivity contribution >= 4 is 0 Å². The first kappa shape index (κ1) is 11.9. The number of hydrogen-bond acceptors (Lipinski definition) is 2. The van der Waals surface area contributed by atoms with E-state index < -0.39 is 0 Å². The van der Waals surface area contributed by atoms with Crippen LogP contribution in [0.5, 0.6) is 0 Å². The van der Waals surface area contributed by atoms with Crippen LogP contribution in [0.4, 0.5) is 0 Å². The van der Waals surface area contributed by atoms with Crippen LogP contribution in [0.15, 0.2) is 0 Å². The second kappa shape index (κ2) is 6.44. The van der Waals surface area contributed by atoms with E-state index in [9.17, 15) is 0 Å². The van der Waals surface area contributed by atoms with E-state index in [0.717, 1.165) is 18.9 Å². The summed E-state index contributed by atoms with van der Waals surface area (Å²) in [6.45, 7) is 8.79. The summed E-state index contributed by atoms with van der Waals surface area (Å²) in [6, 6.07) is 0.677. The molecule has 0 fully saturated rings. The lowest BCUT2D eigenvalue weighted by Crippen LogP contribution is -2.32. The molecule has 0 rings (SSSR count). The van der Waals surface area contributed by atoms with Crippen LogP contribution < -0.4 is 5.73 Å². The quantitative estimate of drug-likeness (QED) is 0.661. The second-order valence-electron chi connectivity index (χ2n) is 4.11. The van der Waals surface area contributed by atoms with E-state index in [0.29, 0.717) is 6.04 Å². The summed E-state index contributed by atoms with van der Waals surface area (Å²) in [5.74, 6) is 0.760. The Morgan fingerprint density at radius 3 is 2.25 bits per heavy atom. The van der Waals surface area contributed by atoms with Crippen LogP contribution in [0.2, 0.25) is 0 Å². The molecule has 0 saturated carbocycles. The van der Waals surface area contributed by atoms with E-state index in [-0.39, 0.29) is 0 Å². The fourth-order valence-corrected chi connectivity index (χ4v) is 1.39. The minimum atomic E-state index is 0.677. The second-order valence-corrected chi connectivity index (χ2v) is 4.11. The van der Waals surface area contributed by atoms with E-state index >= 15 is 0 Å². The van der Waals surface area contributed by atoms with Crippen molar-refractivity contribution in [3.05, 3.63) is 0 Å². The number of hydrogen-bond donors (Lipinski definition) is 1. The largest absolute Gasteiger partial charge is 0.330 e. The SMILES string of the molecule is CC(C)CN(C)C(C)CCCN. The molecule has 0 heterocycles. The van der Waals surface area contributed by atoms with Crippen molar-refractivity contribution in [1.82, 2.24) is 4.90 Å². The van der Waals surface area contributed by atoms with Crippen LogP contribution in [0, 0.1) is 5.92 Å². The van der Waals surface area contributed by atoms with Crippen molar-refractivity contribution in [3.63, 3.8) is 0 Å². The molecule has 0 amide bonds. The van der Waals surface area contributed by atoms with Gasteiger partial charge in [0.25, 0.3) is 0 Å². The highest BCUT2D eigenvalue weighted by atomic mass is 15.1. The Morgan fingerprint density at radius 1 is 1.25 bits per heavy atom. The molecule has 12 heavy (non-hydrogen) atoms. The van der Waals surface area contributed by atoms with Gasteiger partial charge in [-0.3, -0.25) is 0 Å². The number of rotatable bonds is 6.